The molecule has 1 amide bonds. The van der Waals surface area contributed by atoms with Gasteiger partial charge in [-0.15, -0.1) is 0 Å². The van der Waals surface area contributed by atoms with Crippen LogP contribution in [0, 0.1) is 11.3 Å². The highest BCUT2D eigenvalue weighted by molar-refractivity contribution is 9.10. The molecular weight excluding hydrogens is 388 g/mol. The Balaban J connectivity index is 2.10. The molecule has 25 heavy (non-hydrogen) atoms. The van der Waals surface area contributed by atoms with Crippen LogP contribution in [0.1, 0.15) is 12.5 Å². The Kier molecular flexibility index (Phi) is 6.66. The van der Waals surface area contributed by atoms with Gasteiger partial charge in [-0.2, -0.15) is 5.26 Å². The lowest BCUT2D eigenvalue weighted by molar-refractivity contribution is -0.118. The Morgan fingerprint density at radius 1 is 1.24 bits per heavy atom. The summed E-state index contributed by atoms with van der Waals surface area (Å²) in [7, 11) is 1.53. The SMILES string of the molecule is CCOc1cc(C#N)cc(Br)c1OCC(=O)Nc1ccccc1OC. The molecule has 2 rings (SSSR count). The minimum atomic E-state index is -0.344. The quantitative estimate of drug-likeness (QED) is 0.759. The third kappa shape index (κ3) is 4.88. The molecule has 0 saturated carbocycles. The first-order valence-corrected chi connectivity index (χ1v) is 8.30. The highest BCUT2D eigenvalue weighted by Gasteiger charge is 2.15. The van der Waals surface area contributed by atoms with E-state index in [0.29, 0.717) is 39.6 Å². The number of ether oxygens (including phenoxy) is 3. The monoisotopic (exact) mass is 404 g/mol. The van der Waals surface area contributed by atoms with Crippen LogP contribution < -0.4 is 19.5 Å². The van der Waals surface area contributed by atoms with Crippen LogP contribution >= 0.6 is 15.9 Å². The number of hydrogen-bond donors (Lipinski definition) is 1. The Morgan fingerprint density at radius 3 is 2.68 bits per heavy atom. The number of halogens is 1. The molecule has 0 fully saturated rings. The molecule has 0 atom stereocenters. The molecule has 2 aromatic carbocycles. The smallest absolute Gasteiger partial charge is 0.262 e. The van der Waals surface area contributed by atoms with Crippen molar-refractivity contribution in [1.82, 2.24) is 0 Å². The van der Waals surface area contributed by atoms with Gasteiger partial charge in [0.1, 0.15) is 5.75 Å². The number of rotatable bonds is 7. The van der Waals surface area contributed by atoms with E-state index in [0.717, 1.165) is 0 Å². The number of amides is 1. The summed E-state index contributed by atoms with van der Waals surface area (Å²) in [4.78, 5) is 12.2. The van der Waals surface area contributed by atoms with Crippen LogP contribution in [-0.2, 0) is 4.79 Å². The van der Waals surface area contributed by atoms with Crippen molar-refractivity contribution < 1.29 is 19.0 Å². The zero-order valence-corrected chi connectivity index (χ0v) is 15.4. The third-order valence-corrected chi connectivity index (χ3v) is 3.76. The number of benzene rings is 2. The first kappa shape index (κ1) is 18.6. The molecule has 0 aliphatic heterocycles. The van der Waals surface area contributed by atoms with Gasteiger partial charge < -0.3 is 19.5 Å². The van der Waals surface area contributed by atoms with Gasteiger partial charge in [-0.05, 0) is 41.1 Å². The van der Waals surface area contributed by atoms with Crippen LogP contribution in [0.3, 0.4) is 0 Å². The zero-order chi connectivity index (χ0) is 18.2. The lowest BCUT2D eigenvalue weighted by atomic mass is 10.2. The first-order chi connectivity index (χ1) is 12.1. The average molecular weight is 405 g/mol. The van der Waals surface area contributed by atoms with Crippen LogP contribution in [-0.4, -0.2) is 26.2 Å². The molecule has 130 valence electrons. The predicted octanol–water partition coefficient (Wildman–Crippen LogP) is 3.75. The van der Waals surface area contributed by atoms with Gasteiger partial charge in [0.05, 0.1) is 35.5 Å². The highest BCUT2D eigenvalue weighted by Crippen LogP contribution is 2.36. The molecule has 0 unspecified atom stereocenters. The van der Waals surface area contributed by atoms with E-state index in [2.05, 4.69) is 21.2 Å². The number of carbonyl (C=O) groups is 1. The van der Waals surface area contributed by atoms with Gasteiger partial charge in [-0.25, -0.2) is 0 Å². The maximum Gasteiger partial charge on any atom is 0.262 e. The summed E-state index contributed by atoms with van der Waals surface area (Å²) < 4.78 is 16.8. The third-order valence-electron chi connectivity index (χ3n) is 3.17. The molecule has 0 radical (unpaired) electrons. The van der Waals surface area contributed by atoms with Crippen molar-refractivity contribution >= 4 is 27.5 Å². The first-order valence-electron chi connectivity index (χ1n) is 7.51. The fourth-order valence-corrected chi connectivity index (χ4v) is 2.66. The van der Waals surface area contributed by atoms with E-state index in [1.807, 2.05) is 19.1 Å². The van der Waals surface area contributed by atoms with Crippen LogP contribution in [0.15, 0.2) is 40.9 Å². The Morgan fingerprint density at radius 2 is 2.00 bits per heavy atom. The van der Waals surface area contributed by atoms with E-state index in [9.17, 15) is 4.79 Å². The molecule has 0 spiro atoms. The van der Waals surface area contributed by atoms with Crippen LogP contribution in [0.25, 0.3) is 0 Å². The van der Waals surface area contributed by atoms with Crippen molar-refractivity contribution in [3.05, 3.63) is 46.4 Å². The fourth-order valence-electron chi connectivity index (χ4n) is 2.11. The number of methoxy groups -OCH3 is 1. The van der Waals surface area contributed by atoms with Gasteiger partial charge in [-0.3, -0.25) is 4.79 Å². The summed E-state index contributed by atoms with van der Waals surface area (Å²) in [6.45, 7) is 2.01. The summed E-state index contributed by atoms with van der Waals surface area (Å²) in [5.41, 5.74) is 0.990. The molecule has 0 heterocycles. The molecule has 7 heteroatoms. The summed E-state index contributed by atoms with van der Waals surface area (Å²) in [5, 5.41) is 11.8. The molecule has 1 N–H and O–H groups in total. The van der Waals surface area contributed by atoms with Crippen LogP contribution in [0.2, 0.25) is 0 Å². The van der Waals surface area contributed by atoms with E-state index < -0.39 is 0 Å². The molecule has 6 nitrogen and oxygen atoms in total. The largest absolute Gasteiger partial charge is 0.495 e. The molecule has 0 bridgehead atoms. The zero-order valence-electron chi connectivity index (χ0n) is 13.8. The average Bonchev–Trinajstić information content (AvgIpc) is 2.61. The normalized spacial score (nSPS) is 9.84. The number of nitrogens with one attached hydrogen (secondary N) is 1. The van der Waals surface area contributed by atoms with E-state index >= 15 is 0 Å². The van der Waals surface area contributed by atoms with Crippen molar-refractivity contribution in [2.75, 3.05) is 25.6 Å². The van der Waals surface area contributed by atoms with Crippen LogP contribution in [0.4, 0.5) is 5.69 Å². The molecule has 0 saturated heterocycles. The van der Waals surface area contributed by atoms with E-state index in [-0.39, 0.29) is 12.5 Å². The van der Waals surface area contributed by atoms with Gasteiger partial charge in [-0.1, -0.05) is 12.1 Å². The molecule has 0 aromatic heterocycles. The standard InChI is InChI=1S/C18H17BrN2O4/c1-3-24-16-9-12(10-20)8-13(19)18(16)25-11-17(22)21-14-6-4-5-7-15(14)23-2/h4-9H,3,11H2,1-2H3,(H,21,22). The molecule has 0 aliphatic carbocycles. The van der Waals surface area contributed by atoms with Crippen molar-refractivity contribution in [3.8, 4) is 23.3 Å². The van der Waals surface area contributed by atoms with Crippen molar-refractivity contribution in [3.63, 3.8) is 0 Å². The maximum atomic E-state index is 12.2. The van der Waals surface area contributed by atoms with Gasteiger partial charge in [0.15, 0.2) is 18.1 Å². The summed E-state index contributed by atoms with van der Waals surface area (Å²) in [5.74, 6) is 0.989. The minimum Gasteiger partial charge on any atom is -0.495 e. The van der Waals surface area contributed by atoms with Crippen LogP contribution in [0.5, 0.6) is 17.2 Å². The van der Waals surface area contributed by atoms with Gasteiger partial charge in [0.25, 0.3) is 5.91 Å². The molecular formula is C18H17BrN2O4. The minimum absolute atomic E-state index is 0.220. The second kappa shape index (κ2) is 8.94. The van der Waals surface area contributed by atoms with Crippen molar-refractivity contribution in [1.29, 1.82) is 5.26 Å². The number of carbonyl (C=O) groups excluding carboxylic acids is 1. The van der Waals surface area contributed by atoms with E-state index in [1.165, 1.54) is 7.11 Å². The fraction of sp³-hybridized carbons (Fsp3) is 0.222. The lowest BCUT2D eigenvalue weighted by Gasteiger charge is -2.14. The summed E-state index contributed by atoms with van der Waals surface area (Å²) >= 11 is 3.34. The maximum absolute atomic E-state index is 12.2. The lowest BCUT2D eigenvalue weighted by Crippen LogP contribution is -2.21. The van der Waals surface area contributed by atoms with Crippen molar-refractivity contribution in [2.45, 2.75) is 6.92 Å². The number of hydrogen-bond acceptors (Lipinski definition) is 5. The Labute approximate surface area is 154 Å². The van der Waals surface area contributed by atoms with Gasteiger partial charge in [0.2, 0.25) is 0 Å². The predicted molar refractivity (Wildman–Crippen MR) is 97.1 cm³/mol. The summed E-state index contributed by atoms with van der Waals surface area (Å²) in [6.07, 6.45) is 0. The Hall–Kier alpha value is -2.72. The van der Waals surface area contributed by atoms with Gasteiger partial charge in [0, 0.05) is 6.07 Å². The molecule has 0 aliphatic rings. The highest BCUT2D eigenvalue weighted by atomic mass is 79.9. The topological polar surface area (TPSA) is 80.6 Å². The number of nitriles is 1. The van der Waals surface area contributed by atoms with Crippen molar-refractivity contribution in [2.24, 2.45) is 0 Å². The van der Waals surface area contributed by atoms with E-state index in [1.54, 1.807) is 30.3 Å². The molecule has 2 aromatic rings. The number of para-hydroxylation sites is 2. The summed E-state index contributed by atoms with van der Waals surface area (Å²) in [6, 6.07) is 12.3. The van der Waals surface area contributed by atoms with E-state index in [4.69, 9.17) is 19.5 Å². The number of anilines is 1. The second-order valence-electron chi connectivity index (χ2n) is 4.87. The Bertz CT molecular complexity index is 802. The van der Waals surface area contributed by atoms with Gasteiger partial charge >= 0.3 is 0 Å². The number of nitrogens with zero attached hydrogens (tertiary/aromatic N) is 1. The second-order valence-corrected chi connectivity index (χ2v) is 5.72.